The van der Waals surface area contributed by atoms with Crippen LogP contribution in [-0.4, -0.2) is 4.98 Å². The molecule has 8 aromatic rings. The Kier molecular flexibility index (Phi) is 6.71. The summed E-state index contributed by atoms with van der Waals surface area (Å²) in [5.74, 6) is 0. The second-order valence-corrected chi connectivity index (χ2v) is 11.9. The maximum Gasteiger partial charge on any atom is 0.0889 e. The molecule has 0 spiro atoms. The predicted molar refractivity (Wildman–Crippen MR) is 188 cm³/mol. The summed E-state index contributed by atoms with van der Waals surface area (Å²) >= 11 is 1.80. The minimum Gasteiger partial charge on any atom is -0.309 e. The van der Waals surface area contributed by atoms with Gasteiger partial charge in [0, 0.05) is 23.0 Å². The van der Waals surface area contributed by atoms with Gasteiger partial charge in [-0.05, 0) is 75.8 Å². The minimum atomic E-state index is 1.06. The van der Waals surface area contributed by atoms with E-state index in [2.05, 4.69) is 163 Å². The second-order valence-electron chi connectivity index (χ2n) is 10.8. The largest absolute Gasteiger partial charge is 0.309 e. The molecule has 0 saturated heterocycles. The molecule has 3 heteroatoms. The fraction of sp³-hybridized carbons (Fsp3) is 0. The van der Waals surface area contributed by atoms with Crippen LogP contribution in [0.4, 0.5) is 17.1 Å². The highest BCUT2D eigenvalue weighted by molar-refractivity contribution is 7.26. The van der Waals surface area contributed by atoms with Gasteiger partial charge in [0.25, 0.3) is 0 Å². The van der Waals surface area contributed by atoms with Crippen LogP contribution in [-0.2, 0) is 0 Å². The van der Waals surface area contributed by atoms with E-state index in [-0.39, 0.29) is 0 Å². The third-order valence-corrected chi connectivity index (χ3v) is 9.34. The van der Waals surface area contributed by atoms with Gasteiger partial charge in [0.2, 0.25) is 0 Å². The third-order valence-electron chi connectivity index (χ3n) is 8.16. The van der Waals surface area contributed by atoms with Crippen molar-refractivity contribution in [2.24, 2.45) is 0 Å². The molecule has 44 heavy (non-hydrogen) atoms. The Hall–Kier alpha value is -5.51. The molecular formula is C41H28N2S. The fourth-order valence-electron chi connectivity index (χ4n) is 5.93. The van der Waals surface area contributed by atoms with Crippen LogP contribution < -0.4 is 4.90 Å². The molecule has 6 aromatic carbocycles. The van der Waals surface area contributed by atoms with Crippen LogP contribution >= 0.6 is 11.3 Å². The van der Waals surface area contributed by atoms with Crippen molar-refractivity contribution in [3.8, 4) is 33.4 Å². The molecule has 0 bridgehead atoms. The molecule has 0 saturated carbocycles. The summed E-state index contributed by atoms with van der Waals surface area (Å²) in [5.41, 5.74) is 11.7. The maximum absolute atomic E-state index is 4.72. The summed E-state index contributed by atoms with van der Waals surface area (Å²) in [6, 6.07) is 58.4. The first-order valence-corrected chi connectivity index (χ1v) is 15.6. The lowest BCUT2D eigenvalue weighted by Gasteiger charge is -2.26. The first kappa shape index (κ1) is 26.1. The van der Waals surface area contributed by atoms with Gasteiger partial charge in [-0.25, -0.2) is 0 Å². The Balaban J connectivity index is 1.21. The van der Waals surface area contributed by atoms with E-state index >= 15 is 0 Å². The molecule has 0 fully saturated rings. The van der Waals surface area contributed by atoms with Gasteiger partial charge in [-0.1, -0.05) is 121 Å². The van der Waals surface area contributed by atoms with Crippen molar-refractivity contribution in [2.75, 3.05) is 4.90 Å². The fourth-order valence-corrected chi connectivity index (χ4v) is 7.09. The number of fused-ring (bicyclic) bond motifs is 3. The first-order chi connectivity index (χ1) is 21.8. The zero-order chi connectivity index (χ0) is 29.3. The summed E-state index contributed by atoms with van der Waals surface area (Å²) in [5, 5.41) is 1.18. The lowest BCUT2D eigenvalue weighted by atomic mass is 10.00. The van der Waals surface area contributed by atoms with Crippen molar-refractivity contribution in [3.63, 3.8) is 0 Å². The van der Waals surface area contributed by atoms with Crippen molar-refractivity contribution in [1.29, 1.82) is 0 Å². The highest BCUT2D eigenvalue weighted by atomic mass is 32.1. The number of thiophene rings is 1. The number of nitrogens with zero attached hydrogens (tertiary/aromatic N) is 2. The Bertz CT molecular complexity index is 2180. The molecule has 0 N–H and O–H groups in total. The minimum absolute atomic E-state index is 1.06. The highest BCUT2D eigenvalue weighted by Gasteiger charge is 2.18. The van der Waals surface area contributed by atoms with Crippen molar-refractivity contribution in [2.45, 2.75) is 0 Å². The van der Waals surface area contributed by atoms with Crippen LogP contribution in [0.5, 0.6) is 0 Å². The molecule has 0 atom stereocenters. The number of hydrogen-bond donors (Lipinski definition) is 0. The zero-order valence-corrected chi connectivity index (χ0v) is 24.8. The molecule has 0 aliphatic rings. The normalized spacial score (nSPS) is 11.2. The van der Waals surface area contributed by atoms with Gasteiger partial charge in [0.05, 0.1) is 20.6 Å². The number of aromatic nitrogens is 1. The summed E-state index contributed by atoms with van der Waals surface area (Å²) in [4.78, 5) is 7.09. The number of pyridine rings is 1. The van der Waals surface area contributed by atoms with Gasteiger partial charge in [-0.15, -0.1) is 11.3 Å². The van der Waals surface area contributed by atoms with Gasteiger partial charge in [0.1, 0.15) is 0 Å². The van der Waals surface area contributed by atoms with E-state index in [1.54, 1.807) is 11.3 Å². The highest BCUT2D eigenvalue weighted by Crippen LogP contribution is 2.44. The summed E-state index contributed by atoms with van der Waals surface area (Å²) in [6.45, 7) is 0. The van der Waals surface area contributed by atoms with Crippen molar-refractivity contribution < 1.29 is 0 Å². The van der Waals surface area contributed by atoms with Crippen LogP contribution in [0.25, 0.3) is 53.7 Å². The molecule has 0 amide bonds. The summed E-state index contributed by atoms with van der Waals surface area (Å²) in [6.07, 6.45) is 1.88. The van der Waals surface area contributed by atoms with Gasteiger partial charge < -0.3 is 4.90 Å². The number of hydrogen-bond acceptors (Lipinski definition) is 3. The molecule has 2 nitrogen and oxygen atoms in total. The van der Waals surface area contributed by atoms with Crippen LogP contribution in [0.1, 0.15) is 0 Å². The van der Waals surface area contributed by atoms with E-state index in [9.17, 15) is 0 Å². The monoisotopic (exact) mass is 580 g/mol. The molecule has 2 heterocycles. The average molecular weight is 581 g/mol. The predicted octanol–water partition coefficient (Wildman–Crippen LogP) is 11.9. The van der Waals surface area contributed by atoms with E-state index in [0.29, 0.717) is 0 Å². The molecule has 0 radical (unpaired) electrons. The van der Waals surface area contributed by atoms with Crippen molar-refractivity contribution in [1.82, 2.24) is 4.98 Å². The van der Waals surface area contributed by atoms with Gasteiger partial charge in [-0.3, -0.25) is 4.98 Å². The van der Waals surface area contributed by atoms with Gasteiger partial charge in [0.15, 0.2) is 0 Å². The van der Waals surface area contributed by atoms with Crippen molar-refractivity contribution >= 4 is 48.7 Å². The van der Waals surface area contributed by atoms with Crippen LogP contribution in [0.15, 0.2) is 170 Å². The maximum atomic E-state index is 4.72. The Labute approximate surface area is 261 Å². The SMILES string of the molecule is c1ccc(-c2ccc(-c3ccc(N(c4ccc(-c5ccccc5)cc4)c4cccc5c4sc4cccnc45)cc3)cc2)cc1. The molecule has 208 valence electrons. The first-order valence-electron chi connectivity index (χ1n) is 14.8. The Morgan fingerprint density at radius 2 is 0.886 bits per heavy atom. The third kappa shape index (κ3) is 4.84. The lowest BCUT2D eigenvalue weighted by Crippen LogP contribution is -2.10. The van der Waals surface area contributed by atoms with Crippen LogP contribution in [0, 0.1) is 0 Å². The van der Waals surface area contributed by atoms with E-state index < -0.39 is 0 Å². The molecule has 2 aromatic heterocycles. The van der Waals surface area contributed by atoms with E-state index in [1.807, 2.05) is 12.3 Å². The standard InChI is InChI=1S/C41H28N2S/c1-3-9-29(10-4-1)31-16-18-32(19-17-31)34-22-26-36(27-23-34)43(35-24-20-33(21-25-35)30-11-5-2-6-12-30)38-14-7-13-37-40-39(44-41(37)38)15-8-28-42-40/h1-28H. The smallest absolute Gasteiger partial charge is 0.0889 e. The van der Waals surface area contributed by atoms with Gasteiger partial charge >= 0.3 is 0 Å². The Morgan fingerprint density at radius 3 is 1.41 bits per heavy atom. The molecule has 8 rings (SSSR count). The average Bonchev–Trinajstić information content (AvgIpc) is 3.50. The Morgan fingerprint density at radius 1 is 0.409 bits per heavy atom. The zero-order valence-electron chi connectivity index (χ0n) is 24.0. The molecule has 0 unspecified atom stereocenters. The molecule has 0 aliphatic heterocycles. The van der Waals surface area contributed by atoms with Crippen molar-refractivity contribution in [3.05, 3.63) is 170 Å². The lowest BCUT2D eigenvalue weighted by molar-refractivity contribution is 1.30. The van der Waals surface area contributed by atoms with E-state index in [4.69, 9.17) is 4.98 Å². The second kappa shape index (κ2) is 11.3. The molecule has 0 aliphatic carbocycles. The topological polar surface area (TPSA) is 16.1 Å². The van der Waals surface area contributed by atoms with Crippen LogP contribution in [0.3, 0.4) is 0 Å². The van der Waals surface area contributed by atoms with Crippen LogP contribution in [0.2, 0.25) is 0 Å². The summed E-state index contributed by atoms with van der Waals surface area (Å²) < 4.78 is 2.43. The van der Waals surface area contributed by atoms with E-state index in [1.165, 1.54) is 48.2 Å². The molecular weight excluding hydrogens is 553 g/mol. The van der Waals surface area contributed by atoms with Gasteiger partial charge in [-0.2, -0.15) is 0 Å². The number of rotatable bonds is 6. The summed E-state index contributed by atoms with van der Waals surface area (Å²) in [7, 11) is 0. The quantitative estimate of drug-likeness (QED) is 0.194. The van der Waals surface area contributed by atoms with E-state index in [0.717, 1.165) is 22.6 Å². The number of benzene rings is 6. The number of anilines is 3.